The number of benzene rings is 2. The van der Waals surface area contributed by atoms with E-state index in [9.17, 15) is 19.7 Å². The maximum absolute atomic E-state index is 12.3. The van der Waals surface area contributed by atoms with Gasteiger partial charge in [-0.05, 0) is 25.1 Å². The molecule has 0 saturated heterocycles. The molecule has 0 saturated carbocycles. The molecule has 3 N–H and O–H groups in total. The number of amides is 2. The van der Waals surface area contributed by atoms with Crippen LogP contribution < -0.4 is 21.5 Å². The quantitative estimate of drug-likeness (QED) is 0.481. The summed E-state index contributed by atoms with van der Waals surface area (Å²) in [5.74, 6) is -1.10. The molecule has 1 aromatic heterocycles. The van der Waals surface area contributed by atoms with Crippen LogP contribution in [0.3, 0.4) is 0 Å². The topological polar surface area (TPSA) is 150 Å². The van der Waals surface area contributed by atoms with Crippen LogP contribution in [0.4, 0.5) is 5.69 Å². The van der Waals surface area contributed by atoms with Crippen molar-refractivity contribution in [2.45, 2.75) is 6.92 Å². The zero-order valence-electron chi connectivity index (χ0n) is 15.2. The van der Waals surface area contributed by atoms with Crippen molar-refractivity contribution in [3.05, 3.63) is 75.3 Å². The second-order valence-corrected chi connectivity index (χ2v) is 5.80. The van der Waals surface area contributed by atoms with E-state index >= 15 is 0 Å². The van der Waals surface area contributed by atoms with E-state index in [0.717, 1.165) is 6.07 Å². The third-order valence-corrected chi connectivity index (χ3v) is 3.88. The molecule has 0 bridgehead atoms. The van der Waals surface area contributed by atoms with Crippen LogP contribution in [-0.2, 0) is 0 Å². The Morgan fingerprint density at radius 1 is 1.24 bits per heavy atom. The highest BCUT2D eigenvalue weighted by molar-refractivity contribution is 5.96. The first-order valence-corrected chi connectivity index (χ1v) is 8.48. The lowest BCUT2D eigenvalue weighted by atomic mass is 10.1. The maximum atomic E-state index is 12.3. The van der Waals surface area contributed by atoms with Gasteiger partial charge >= 0.3 is 0 Å². The van der Waals surface area contributed by atoms with Crippen LogP contribution >= 0.6 is 0 Å². The molecule has 1 heterocycles. The summed E-state index contributed by atoms with van der Waals surface area (Å²) in [6.07, 6.45) is 0. The molecule has 148 valence electrons. The standard InChI is InChI=1S/C19H16N4O6/c1-2-28-15-8-4-5-11-10-14(17(20)24)19(29-16(11)15)22-21-18(25)12-6-3-7-13(9-12)23(26)27/h3-10H,2H2,1H3,(H2,20,24)(H,21,25)/b22-19-. The van der Waals surface area contributed by atoms with E-state index in [1.807, 2.05) is 0 Å². The van der Waals surface area contributed by atoms with Crippen molar-refractivity contribution in [2.75, 3.05) is 6.61 Å². The van der Waals surface area contributed by atoms with Crippen LogP contribution in [0.2, 0.25) is 0 Å². The molecule has 2 amide bonds. The van der Waals surface area contributed by atoms with Gasteiger partial charge in [0.25, 0.3) is 17.5 Å². The Bertz CT molecular complexity index is 1180. The van der Waals surface area contributed by atoms with Gasteiger partial charge in [-0.25, -0.2) is 5.43 Å². The minimum atomic E-state index is -0.805. The Hall–Kier alpha value is -4.21. The molecule has 0 aliphatic rings. The number of carbonyl (C=O) groups excluding carboxylic acids is 2. The molecule has 0 fully saturated rings. The summed E-state index contributed by atoms with van der Waals surface area (Å²) < 4.78 is 11.2. The number of carbonyl (C=O) groups is 2. The van der Waals surface area contributed by atoms with Gasteiger partial charge in [0.2, 0.25) is 5.55 Å². The van der Waals surface area contributed by atoms with Gasteiger partial charge in [0, 0.05) is 23.1 Å². The molecule has 10 heteroatoms. The minimum Gasteiger partial charge on any atom is -0.490 e. The number of nitrogens with two attached hydrogens (primary N) is 1. The first kappa shape index (κ1) is 19.5. The fourth-order valence-electron chi connectivity index (χ4n) is 2.58. The van der Waals surface area contributed by atoms with E-state index in [0.29, 0.717) is 23.3 Å². The van der Waals surface area contributed by atoms with Crippen molar-refractivity contribution < 1.29 is 23.7 Å². The Morgan fingerprint density at radius 3 is 2.69 bits per heavy atom. The summed E-state index contributed by atoms with van der Waals surface area (Å²) in [5, 5.41) is 15.3. The van der Waals surface area contributed by atoms with E-state index in [-0.39, 0.29) is 22.4 Å². The van der Waals surface area contributed by atoms with Crippen LogP contribution in [0.25, 0.3) is 11.0 Å². The Kier molecular flexibility index (Phi) is 5.54. The lowest BCUT2D eigenvalue weighted by Crippen LogP contribution is -2.27. The smallest absolute Gasteiger partial charge is 0.271 e. The van der Waals surface area contributed by atoms with Gasteiger partial charge in [-0.15, -0.1) is 5.10 Å². The number of rotatable bonds is 6. The Balaban J connectivity index is 2.04. The molecular weight excluding hydrogens is 380 g/mol. The highest BCUT2D eigenvalue weighted by Crippen LogP contribution is 2.24. The van der Waals surface area contributed by atoms with E-state index in [4.69, 9.17) is 14.9 Å². The number of primary amides is 1. The van der Waals surface area contributed by atoms with Crippen LogP contribution in [0.1, 0.15) is 27.6 Å². The second-order valence-electron chi connectivity index (χ2n) is 5.80. The summed E-state index contributed by atoms with van der Waals surface area (Å²) in [4.78, 5) is 34.3. The second kappa shape index (κ2) is 8.21. The number of nitro benzene ring substituents is 1. The van der Waals surface area contributed by atoms with Crippen molar-refractivity contribution in [3.8, 4) is 5.75 Å². The number of ether oxygens (including phenoxy) is 1. The fraction of sp³-hybridized carbons (Fsp3) is 0.105. The van der Waals surface area contributed by atoms with Crippen molar-refractivity contribution in [2.24, 2.45) is 10.8 Å². The lowest BCUT2D eigenvalue weighted by molar-refractivity contribution is -0.384. The van der Waals surface area contributed by atoms with E-state index in [1.165, 1.54) is 24.3 Å². The lowest BCUT2D eigenvalue weighted by Gasteiger charge is -2.07. The molecule has 0 spiro atoms. The first-order valence-electron chi connectivity index (χ1n) is 8.48. The molecule has 10 nitrogen and oxygen atoms in total. The maximum Gasteiger partial charge on any atom is 0.271 e. The number of para-hydroxylation sites is 1. The van der Waals surface area contributed by atoms with Gasteiger partial charge < -0.3 is 14.9 Å². The molecule has 3 aromatic rings. The van der Waals surface area contributed by atoms with Crippen LogP contribution in [-0.4, -0.2) is 23.3 Å². The zero-order chi connectivity index (χ0) is 21.0. The van der Waals surface area contributed by atoms with Gasteiger partial charge in [-0.2, -0.15) is 0 Å². The number of nitrogens with zero attached hydrogens (tertiary/aromatic N) is 2. The van der Waals surface area contributed by atoms with Crippen LogP contribution in [0.15, 0.2) is 58.0 Å². The predicted octanol–water partition coefficient (Wildman–Crippen LogP) is 2.08. The molecule has 29 heavy (non-hydrogen) atoms. The molecule has 2 aromatic carbocycles. The number of fused-ring (bicyclic) bond motifs is 1. The summed E-state index contributed by atoms with van der Waals surface area (Å²) >= 11 is 0. The highest BCUT2D eigenvalue weighted by Gasteiger charge is 2.14. The third-order valence-electron chi connectivity index (χ3n) is 3.88. The van der Waals surface area contributed by atoms with Gasteiger partial charge in [-0.1, -0.05) is 18.2 Å². The average Bonchev–Trinajstić information content (AvgIpc) is 2.71. The number of hydrogen-bond donors (Lipinski definition) is 2. The molecule has 0 radical (unpaired) electrons. The number of nitrogens with one attached hydrogen (secondary N) is 1. The van der Waals surface area contributed by atoms with E-state index in [2.05, 4.69) is 10.5 Å². The first-order chi connectivity index (χ1) is 13.9. The number of non-ortho nitro benzene ring substituents is 1. The predicted molar refractivity (Wildman–Crippen MR) is 102 cm³/mol. The summed E-state index contributed by atoms with van der Waals surface area (Å²) in [7, 11) is 0. The van der Waals surface area contributed by atoms with Gasteiger partial charge in [0.15, 0.2) is 11.3 Å². The van der Waals surface area contributed by atoms with E-state index in [1.54, 1.807) is 25.1 Å². The van der Waals surface area contributed by atoms with E-state index < -0.39 is 16.7 Å². The van der Waals surface area contributed by atoms with Crippen LogP contribution in [0.5, 0.6) is 5.75 Å². The van der Waals surface area contributed by atoms with Gasteiger partial charge in [0.05, 0.1) is 11.5 Å². The number of nitro groups is 1. The van der Waals surface area contributed by atoms with Gasteiger partial charge in [0.1, 0.15) is 5.56 Å². The average molecular weight is 396 g/mol. The third kappa shape index (κ3) is 4.21. The molecule has 0 aliphatic carbocycles. The molecule has 0 aliphatic heterocycles. The normalized spacial score (nSPS) is 11.3. The summed E-state index contributed by atoms with van der Waals surface area (Å²) in [5.41, 5.74) is 7.42. The summed E-state index contributed by atoms with van der Waals surface area (Å²) in [6, 6.07) is 11.7. The monoisotopic (exact) mass is 396 g/mol. The van der Waals surface area contributed by atoms with Crippen molar-refractivity contribution in [1.29, 1.82) is 0 Å². The molecule has 0 unspecified atom stereocenters. The fourth-order valence-corrected chi connectivity index (χ4v) is 2.58. The largest absolute Gasteiger partial charge is 0.490 e. The van der Waals surface area contributed by atoms with Crippen LogP contribution in [0, 0.1) is 10.1 Å². The summed E-state index contributed by atoms with van der Waals surface area (Å²) in [6.45, 7) is 2.20. The highest BCUT2D eigenvalue weighted by atomic mass is 16.6. The van der Waals surface area contributed by atoms with Crippen molar-refractivity contribution in [1.82, 2.24) is 5.43 Å². The Morgan fingerprint density at radius 2 is 2.00 bits per heavy atom. The SMILES string of the molecule is CCOc1cccc2cc(C(N)=O)/c(=N/NC(=O)c3cccc([N+](=O)[O-])c3)oc12. The van der Waals surface area contributed by atoms with Crippen molar-refractivity contribution >= 4 is 28.5 Å². The molecule has 0 atom stereocenters. The zero-order valence-corrected chi connectivity index (χ0v) is 15.2. The number of hydrogen-bond acceptors (Lipinski definition) is 7. The molecule has 3 rings (SSSR count). The Labute approximate surface area is 163 Å². The minimum absolute atomic E-state index is 0.0133. The van der Waals surface area contributed by atoms with Gasteiger partial charge in [-0.3, -0.25) is 19.7 Å². The van der Waals surface area contributed by atoms with Crippen molar-refractivity contribution in [3.63, 3.8) is 0 Å². The molecular formula is C19H16N4O6.